The second-order valence-electron chi connectivity index (χ2n) is 4.75. The van der Waals surface area contributed by atoms with Crippen molar-refractivity contribution in [3.8, 4) is 0 Å². The third-order valence-electron chi connectivity index (χ3n) is 2.64. The van der Waals surface area contributed by atoms with Crippen molar-refractivity contribution < 1.29 is 5.11 Å². The summed E-state index contributed by atoms with van der Waals surface area (Å²) in [5, 5.41) is 9.91. The first kappa shape index (κ1) is 12.5. The molecule has 1 aromatic heterocycles. The highest BCUT2D eigenvalue weighted by Crippen LogP contribution is 2.17. The van der Waals surface area contributed by atoms with Gasteiger partial charge in [-0.3, -0.25) is 4.98 Å². The van der Waals surface area contributed by atoms with E-state index < -0.39 is 5.60 Å². The van der Waals surface area contributed by atoms with Gasteiger partial charge in [-0.1, -0.05) is 42.5 Å². The maximum Gasteiger partial charge on any atom is 0.101 e. The maximum absolute atomic E-state index is 9.91. The Bertz CT molecular complexity index is 539. The Balaban J connectivity index is 2.23. The number of rotatable bonds is 3. The molecule has 18 heavy (non-hydrogen) atoms. The molecular weight excluding hydrogens is 222 g/mol. The van der Waals surface area contributed by atoms with Gasteiger partial charge in [0.25, 0.3) is 0 Å². The van der Waals surface area contributed by atoms with Crippen molar-refractivity contribution >= 4 is 12.2 Å². The molecule has 2 heteroatoms. The topological polar surface area (TPSA) is 33.1 Å². The Morgan fingerprint density at radius 2 is 1.67 bits per heavy atom. The predicted octanol–water partition coefficient (Wildman–Crippen LogP) is 3.48. The highest BCUT2D eigenvalue weighted by Gasteiger charge is 2.17. The number of nitrogens with zero attached hydrogens (tertiary/aromatic N) is 1. The Morgan fingerprint density at radius 1 is 0.944 bits per heavy atom. The molecule has 1 aromatic carbocycles. The van der Waals surface area contributed by atoms with Crippen LogP contribution in [0.15, 0.2) is 48.5 Å². The van der Waals surface area contributed by atoms with Crippen LogP contribution in [-0.4, -0.2) is 10.1 Å². The van der Waals surface area contributed by atoms with E-state index in [1.807, 2.05) is 60.7 Å². The van der Waals surface area contributed by atoms with Gasteiger partial charge < -0.3 is 5.11 Å². The molecule has 0 radical (unpaired) electrons. The van der Waals surface area contributed by atoms with Gasteiger partial charge in [0.2, 0.25) is 0 Å². The van der Waals surface area contributed by atoms with Crippen LogP contribution in [0, 0.1) is 0 Å². The summed E-state index contributed by atoms with van der Waals surface area (Å²) >= 11 is 0. The lowest BCUT2D eigenvalue weighted by Gasteiger charge is -2.16. The molecule has 2 nitrogen and oxygen atoms in total. The fraction of sp³-hybridized carbons (Fsp3) is 0.188. The van der Waals surface area contributed by atoms with Gasteiger partial charge in [0.15, 0.2) is 0 Å². The van der Waals surface area contributed by atoms with Crippen molar-refractivity contribution in [3.05, 3.63) is 65.5 Å². The van der Waals surface area contributed by atoms with Crippen LogP contribution in [0.1, 0.15) is 30.8 Å². The summed E-state index contributed by atoms with van der Waals surface area (Å²) < 4.78 is 0. The fourth-order valence-corrected chi connectivity index (χ4v) is 1.63. The summed E-state index contributed by atoms with van der Waals surface area (Å²) in [5.74, 6) is 0. The van der Waals surface area contributed by atoms with Gasteiger partial charge in [-0.05, 0) is 37.6 Å². The standard InChI is InChI=1S/C16H17NO/c1-16(2,18)15-10-6-9-14(17-15)12-11-13-7-4-3-5-8-13/h3-12,18H,1-2H3. The lowest BCUT2D eigenvalue weighted by Crippen LogP contribution is -2.17. The molecule has 1 heterocycles. The number of benzene rings is 1. The molecular formula is C16H17NO. The third kappa shape index (κ3) is 3.28. The first-order chi connectivity index (χ1) is 8.55. The molecule has 0 bridgehead atoms. The summed E-state index contributed by atoms with van der Waals surface area (Å²) in [5.41, 5.74) is 1.75. The Hall–Kier alpha value is -1.93. The number of aromatic nitrogens is 1. The second-order valence-corrected chi connectivity index (χ2v) is 4.75. The summed E-state index contributed by atoms with van der Waals surface area (Å²) in [4.78, 5) is 4.42. The molecule has 0 unspecified atom stereocenters. The van der Waals surface area contributed by atoms with Crippen LogP contribution in [0.4, 0.5) is 0 Å². The van der Waals surface area contributed by atoms with E-state index in [1.54, 1.807) is 13.8 Å². The monoisotopic (exact) mass is 239 g/mol. The largest absolute Gasteiger partial charge is 0.384 e. The van der Waals surface area contributed by atoms with Crippen LogP contribution in [0.25, 0.3) is 12.2 Å². The van der Waals surface area contributed by atoms with Crippen molar-refractivity contribution in [2.24, 2.45) is 0 Å². The SMILES string of the molecule is CC(C)(O)c1cccc(C=Cc2ccccc2)n1. The molecule has 0 atom stereocenters. The minimum Gasteiger partial charge on any atom is -0.384 e. The molecule has 0 aliphatic rings. The lowest BCUT2D eigenvalue weighted by molar-refractivity contribution is 0.0738. The average molecular weight is 239 g/mol. The van der Waals surface area contributed by atoms with Crippen LogP contribution in [0.5, 0.6) is 0 Å². The van der Waals surface area contributed by atoms with Crippen LogP contribution >= 0.6 is 0 Å². The van der Waals surface area contributed by atoms with Crippen LogP contribution in [0.2, 0.25) is 0 Å². The normalized spacial score (nSPS) is 11.9. The second kappa shape index (κ2) is 5.15. The Labute approximate surface area is 108 Å². The molecule has 0 amide bonds. The number of hydrogen-bond acceptors (Lipinski definition) is 2. The Kier molecular flexibility index (Phi) is 3.58. The first-order valence-corrected chi connectivity index (χ1v) is 5.99. The van der Waals surface area contributed by atoms with Crippen molar-refractivity contribution in [3.63, 3.8) is 0 Å². The van der Waals surface area contributed by atoms with Crippen molar-refractivity contribution in [2.75, 3.05) is 0 Å². The van der Waals surface area contributed by atoms with Crippen LogP contribution < -0.4 is 0 Å². The molecule has 0 saturated carbocycles. The van der Waals surface area contributed by atoms with E-state index in [-0.39, 0.29) is 0 Å². The maximum atomic E-state index is 9.91. The highest BCUT2D eigenvalue weighted by molar-refractivity contribution is 5.67. The molecule has 0 aliphatic heterocycles. The summed E-state index contributed by atoms with van der Waals surface area (Å²) in [7, 11) is 0. The van der Waals surface area contributed by atoms with E-state index in [1.165, 1.54) is 0 Å². The van der Waals surface area contributed by atoms with E-state index in [2.05, 4.69) is 4.98 Å². The zero-order valence-corrected chi connectivity index (χ0v) is 10.7. The predicted molar refractivity (Wildman–Crippen MR) is 74.9 cm³/mol. The van der Waals surface area contributed by atoms with Gasteiger partial charge in [-0.25, -0.2) is 0 Å². The number of aliphatic hydroxyl groups is 1. The quantitative estimate of drug-likeness (QED) is 0.889. The Morgan fingerprint density at radius 3 is 2.33 bits per heavy atom. The van der Waals surface area contributed by atoms with Gasteiger partial charge in [-0.2, -0.15) is 0 Å². The third-order valence-corrected chi connectivity index (χ3v) is 2.64. The van der Waals surface area contributed by atoms with E-state index in [0.717, 1.165) is 11.3 Å². The highest BCUT2D eigenvalue weighted by atomic mass is 16.3. The average Bonchev–Trinajstić information content (AvgIpc) is 2.37. The molecule has 0 aliphatic carbocycles. The molecule has 2 aromatic rings. The van der Waals surface area contributed by atoms with E-state index in [0.29, 0.717) is 5.69 Å². The van der Waals surface area contributed by atoms with Gasteiger partial charge in [-0.15, -0.1) is 0 Å². The molecule has 0 fully saturated rings. The van der Waals surface area contributed by atoms with Gasteiger partial charge >= 0.3 is 0 Å². The van der Waals surface area contributed by atoms with Gasteiger partial charge in [0.05, 0.1) is 11.4 Å². The van der Waals surface area contributed by atoms with E-state index >= 15 is 0 Å². The number of hydrogen-bond donors (Lipinski definition) is 1. The number of pyridine rings is 1. The minimum atomic E-state index is -0.906. The van der Waals surface area contributed by atoms with Crippen LogP contribution in [0.3, 0.4) is 0 Å². The van der Waals surface area contributed by atoms with E-state index in [4.69, 9.17) is 0 Å². The van der Waals surface area contributed by atoms with Crippen molar-refractivity contribution in [1.29, 1.82) is 0 Å². The van der Waals surface area contributed by atoms with E-state index in [9.17, 15) is 5.11 Å². The first-order valence-electron chi connectivity index (χ1n) is 5.99. The summed E-state index contributed by atoms with van der Waals surface area (Å²) in [6.07, 6.45) is 3.96. The fourth-order valence-electron chi connectivity index (χ4n) is 1.63. The molecule has 1 N–H and O–H groups in total. The van der Waals surface area contributed by atoms with Crippen molar-refractivity contribution in [1.82, 2.24) is 4.98 Å². The van der Waals surface area contributed by atoms with Crippen LogP contribution in [-0.2, 0) is 5.60 Å². The summed E-state index contributed by atoms with van der Waals surface area (Å²) in [6.45, 7) is 3.47. The zero-order valence-electron chi connectivity index (χ0n) is 10.7. The minimum absolute atomic E-state index is 0.678. The lowest BCUT2D eigenvalue weighted by atomic mass is 10.0. The van der Waals surface area contributed by atoms with Gasteiger partial charge in [0.1, 0.15) is 5.60 Å². The zero-order chi connectivity index (χ0) is 13.0. The smallest absolute Gasteiger partial charge is 0.101 e. The molecule has 2 rings (SSSR count). The van der Waals surface area contributed by atoms with Crippen molar-refractivity contribution in [2.45, 2.75) is 19.4 Å². The van der Waals surface area contributed by atoms with Gasteiger partial charge in [0, 0.05) is 0 Å². The summed E-state index contributed by atoms with van der Waals surface area (Å²) in [6, 6.07) is 15.7. The molecule has 0 saturated heterocycles. The molecule has 92 valence electrons. The molecule has 0 spiro atoms.